The number of carbonyl (C=O) groups is 1. The molecule has 82 valence electrons. The van der Waals surface area contributed by atoms with Gasteiger partial charge in [-0.25, -0.2) is 13.2 Å². The molecule has 0 heterocycles. The van der Waals surface area contributed by atoms with E-state index in [0.717, 1.165) is 0 Å². The minimum absolute atomic E-state index is 0.262. The summed E-state index contributed by atoms with van der Waals surface area (Å²) >= 11 is 0. The predicted molar refractivity (Wildman–Crippen MR) is 36.7 cm³/mol. The van der Waals surface area contributed by atoms with E-state index in [1.54, 1.807) is 0 Å². The highest BCUT2D eigenvalue weighted by Gasteiger charge is 2.37. The number of rotatable bonds is 1. The maximum Gasteiger partial charge on any atom is 0.419 e. The first-order valence-corrected chi connectivity index (χ1v) is 3.49. The van der Waals surface area contributed by atoms with E-state index in [1.807, 2.05) is 0 Å². The van der Waals surface area contributed by atoms with Crippen LogP contribution in [-0.2, 0) is 6.18 Å². The Bertz CT molecular complexity index is 409. The van der Waals surface area contributed by atoms with Crippen molar-refractivity contribution in [2.24, 2.45) is 0 Å². The van der Waals surface area contributed by atoms with Gasteiger partial charge in [0, 0.05) is 0 Å². The Morgan fingerprint density at radius 3 is 2.00 bits per heavy atom. The molecule has 0 saturated carbocycles. The minimum atomic E-state index is -5.22. The van der Waals surface area contributed by atoms with Crippen LogP contribution in [0.25, 0.3) is 0 Å². The van der Waals surface area contributed by atoms with Gasteiger partial charge in [-0.1, -0.05) is 0 Å². The molecule has 0 saturated heterocycles. The summed E-state index contributed by atoms with van der Waals surface area (Å²) in [7, 11) is 0. The van der Waals surface area contributed by atoms with Gasteiger partial charge in [-0.05, 0) is 6.07 Å². The molecule has 7 heteroatoms. The molecule has 0 aromatic heterocycles. The van der Waals surface area contributed by atoms with Gasteiger partial charge in [0.2, 0.25) is 0 Å². The van der Waals surface area contributed by atoms with E-state index in [0.29, 0.717) is 0 Å². The van der Waals surface area contributed by atoms with Crippen molar-refractivity contribution in [3.05, 3.63) is 34.6 Å². The van der Waals surface area contributed by atoms with Gasteiger partial charge in [-0.15, -0.1) is 0 Å². The lowest BCUT2D eigenvalue weighted by Crippen LogP contribution is -2.12. The summed E-state index contributed by atoms with van der Waals surface area (Å²) < 4.78 is 74.0. The van der Waals surface area contributed by atoms with E-state index in [9.17, 15) is 31.1 Å². The lowest BCUT2D eigenvalue weighted by atomic mass is 10.1. The third-order valence-electron chi connectivity index (χ3n) is 1.62. The standard InChI is InChI=1S/C8H2F6O/c9-5-1-4(8(12,13)14)7(11)6(10)3(5)2-15/h1-2H. The van der Waals surface area contributed by atoms with Crippen LogP contribution in [0.2, 0.25) is 0 Å². The molecular formula is C8H2F6O. The van der Waals surface area contributed by atoms with Crippen molar-refractivity contribution in [2.45, 2.75) is 6.18 Å². The van der Waals surface area contributed by atoms with Gasteiger partial charge in [0.05, 0.1) is 11.1 Å². The zero-order valence-electron chi connectivity index (χ0n) is 6.83. The fraction of sp³-hybridized carbons (Fsp3) is 0.125. The van der Waals surface area contributed by atoms with Crippen molar-refractivity contribution < 1.29 is 31.1 Å². The summed E-state index contributed by atoms with van der Waals surface area (Å²) in [5, 5.41) is 0. The molecule has 0 N–H and O–H groups in total. The van der Waals surface area contributed by atoms with E-state index < -0.39 is 41.0 Å². The Balaban J connectivity index is 3.55. The second kappa shape index (κ2) is 3.56. The highest BCUT2D eigenvalue weighted by atomic mass is 19.4. The van der Waals surface area contributed by atoms with Gasteiger partial charge >= 0.3 is 6.18 Å². The van der Waals surface area contributed by atoms with Crippen LogP contribution in [0, 0.1) is 17.5 Å². The van der Waals surface area contributed by atoms with Crippen LogP contribution in [0.1, 0.15) is 15.9 Å². The van der Waals surface area contributed by atoms with Crippen molar-refractivity contribution in [1.29, 1.82) is 0 Å². The van der Waals surface area contributed by atoms with Crippen LogP contribution in [0.15, 0.2) is 6.07 Å². The number of hydrogen-bond acceptors (Lipinski definition) is 1. The van der Waals surface area contributed by atoms with E-state index in [4.69, 9.17) is 0 Å². The first-order valence-electron chi connectivity index (χ1n) is 3.49. The largest absolute Gasteiger partial charge is 0.419 e. The number of halogens is 6. The van der Waals surface area contributed by atoms with E-state index in [2.05, 4.69) is 0 Å². The highest BCUT2D eigenvalue weighted by molar-refractivity contribution is 5.75. The second-order valence-electron chi connectivity index (χ2n) is 2.56. The molecule has 1 aromatic carbocycles. The fourth-order valence-electron chi connectivity index (χ4n) is 0.923. The average Bonchev–Trinajstić information content (AvgIpc) is 2.10. The van der Waals surface area contributed by atoms with Gasteiger partial charge in [-0.3, -0.25) is 4.79 Å². The summed E-state index contributed by atoms with van der Waals surface area (Å²) in [6.45, 7) is 0. The Morgan fingerprint density at radius 1 is 1.07 bits per heavy atom. The molecule has 0 spiro atoms. The zero-order chi connectivity index (χ0) is 11.8. The van der Waals surface area contributed by atoms with Gasteiger partial charge in [0.15, 0.2) is 17.9 Å². The molecule has 1 rings (SSSR count). The molecule has 0 unspecified atom stereocenters. The molecular weight excluding hydrogens is 226 g/mol. The number of hydrogen-bond donors (Lipinski definition) is 0. The average molecular weight is 228 g/mol. The molecule has 0 atom stereocenters. The topological polar surface area (TPSA) is 17.1 Å². The third kappa shape index (κ3) is 1.95. The molecule has 0 aliphatic heterocycles. The summed E-state index contributed by atoms with van der Waals surface area (Å²) in [4.78, 5) is 10.0. The first-order chi connectivity index (χ1) is 6.79. The summed E-state index contributed by atoms with van der Waals surface area (Å²) in [5.41, 5.74) is -3.44. The van der Waals surface area contributed by atoms with Crippen molar-refractivity contribution in [1.82, 2.24) is 0 Å². The van der Waals surface area contributed by atoms with Crippen LogP contribution in [0.5, 0.6) is 0 Å². The molecule has 0 radical (unpaired) electrons. The van der Waals surface area contributed by atoms with Crippen molar-refractivity contribution >= 4 is 6.29 Å². The molecule has 1 aromatic rings. The van der Waals surface area contributed by atoms with Crippen LogP contribution >= 0.6 is 0 Å². The Labute approximate surface area is 79.3 Å². The lowest BCUT2D eigenvalue weighted by Gasteiger charge is -2.09. The maximum absolute atomic E-state index is 12.7. The zero-order valence-corrected chi connectivity index (χ0v) is 6.83. The Kier molecular flexibility index (Phi) is 2.74. The molecule has 0 fully saturated rings. The molecule has 15 heavy (non-hydrogen) atoms. The third-order valence-corrected chi connectivity index (χ3v) is 1.62. The number of alkyl halides is 3. The molecule has 0 aliphatic rings. The predicted octanol–water partition coefficient (Wildman–Crippen LogP) is 2.94. The first kappa shape index (κ1) is 11.5. The maximum atomic E-state index is 12.7. The molecule has 0 aliphatic carbocycles. The second-order valence-corrected chi connectivity index (χ2v) is 2.56. The van der Waals surface area contributed by atoms with Crippen molar-refractivity contribution in [3.63, 3.8) is 0 Å². The van der Waals surface area contributed by atoms with Crippen molar-refractivity contribution in [2.75, 3.05) is 0 Å². The monoisotopic (exact) mass is 228 g/mol. The fourth-order valence-corrected chi connectivity index (χ4v) is 0.923. The van der Waals surface area contributed by atoms with Crippen LogP contribution in [0.3, 0.4) is 0 Å². The summed E-state index contributed by atoms with van der Waals surface area (Å²) in [6.07, 6.45) is -5.61. The van der Waals surface area contributed by atoms with Crippen molar-refractivity contribution in [3.8, 4) is 0 Å². The Morgan fingerprint density at radius 2 is 1.60 bits per heavy atom. The molecule has 0 bridgehead atoms. The van der Waals surface area contributed by atoms with Crippen LogP contribution < -0.4 is 0 Å². The molecule has 1 nitrogen and oxygen atoms in total. The lowest BCUT2D eigenvalue weighted by molar-refractivity contribution is -0.140. The number of aldehydes is 1. The normalized spacial score (nSPS) is 11.6. The minimum Gasteiger partial charge on any atom is -0.298 e. The smallest absolute Gasteiger partial charge is 0.298 e. The SMILES string of the molecule is O=Cc1c(F)cc(C(F)(F)F)c(F)c1F. The highest BCUT2D eigenvalue weighted by Crippen LogP contribution is 2.33. The summed E-state index contributed by atoms with van der Waals surface area (Å²) in [6, 6.07) is -0.262. The summed E-state index contributed by atoms with van der Waals surface area (Å²) in [5.74, 6) is -6.18. The number of benzene rings is 1. The van der Waals surface area contributed by atoms with Gasteiger partial charge in [0.1, 0.15) is 5.82 Å². The quantitative estimate of drug-likeness (QED) is 0.410. The van der Waals surface area contributed by atoms with E-state index in [-0.39, 0.29) is 6.07 Å². The van der Waals surface area contributed by atoms with E-state index >= 15 is 0 Å². The Hall–Kier alpha value is -1.53. The van der Waals surface area contributed by atoms with Crippen LogP contribution in [0.4, 0.5) is 26.3 Å². The van der Waals surface area contributed by atoms with E-state index in [1.165, 1.54) is 0 Å². The van der Waals surface area contributed by atoms with Gasteiger partial charge in [-0.2, -0.15) is 13.2 Å². The number of carbonyl (C=O) groups excluding carboxylic acids is 1. The molecule has 0 amide bonds. The van der Waals surface area contributed by atoms with Crippen LogP contribution in [-0.4, -0.2) is 6.29 Å². The van der Waals surface area contributed by atoms with Gasteiger partial charge < -0.3 is 0 Å². The van der Waals surface area contributed by atoms with Gasteiger partial charge in [0.25, 0.3) is 0 Å².